The second-order valence-corrected chi connectivity index (χ2v) is 4.70. The van der Waals surface area contributed by atoms with Crippen molar-refractivity contribution in [3.8, 4) is 0 Å². The molecule has 0 aromatic rings. The summed E-state index contributed by atoms with van der Waals surface area (Å²) >= 11 is 0. The average molecular weight is 167 g/mol. The first-order valence-corrected chi connectivity index (χ1v) is 5.55. The first-order valence-electron chi connectivity index (χ1n) is 5.55. The van der Waals surface area contributed by atoms with Crippen molar-refractivity contribution in [3.05, 3.63) is 0 Å². The van der Waals surface area contributed by atoms with Crippen LogP contribution in [0.5, 0.6) is 0 Å². The predicted octanol–water partition coefficient (Wildman–Crippen LogP) is 2.52. The highest BCUT2D eigenvalue weighted by Crippen LogP contribution is 2.45. The van der Waals surface area contributed by atoms with Gasteiger partial charge in [-0.3, -0.25) is 0 Å². The van der Waals surface area contributed by atoms with E-state index in [0.717, 1.165) is 17.9 Å². The van der Waals surface area contributed by atoms with Crippen LogP contribution in [0.25, 0.3) is 0 Å². The van der Waals surface area contributed by atoms with E-state index in [4.69, 9.17) is 0 Å². The Morgan fingerprint density at radius 2 is 2.00 bits per heavy atom. The number of nitrogens with zero attached hydrogens (tertiary/aromatic N) is 1. The molecule has 12 heavy (non-hydrogen) atoms. The summed E-state index contributed by atoms with van der Waals surface area (Å²) < 4.78 is 0. The van der Waals surface area contributed by atoms with Gasteiger partial charge in [0, 0.05) is 19.1 Å². The van der Waals surface area contributed by atoms with E-state index in [1.54, 1.807) is 0 Å². The van der Waals surface area contributed by atoms with Gasteiger partial charge in [0.05, 0.1) is 0 Å². The van der Waals surface area contributed by atoms with Gasteiger partial charge in [0.15, 0.2) is 0 Å². The summed E-state index contributed by atoms with van der Waals surface area (Å²) in [6.07, 6.45) is 5.71. The fraction of sp³-hybridized carbons (Fsp3) is 1.00. The van der Waals surface area contributed by atoms with E-state index in [1.165, 1.54) is 38.8 Å². The lowest BCUT2D eigenvalue weighted by atomic mass is 10.1. The molecule has 1 saturated heterocycles. The standard InChI is InChI=1S/C11H21N/c1-3-4-5-9(2)12-7-10-6-11(10)8-12/h9-11H,3-8H2,1-2H3/t9-,10?,11?/m1/s1. The lowest BCUT2D eigenvalue weighted by Gasteiger charge is -2.25. The number of hydrogen-bond donors (Lipinski definition) is 0. The molecule has 0 spiro atoms. The van der Waals surface area contributed by atoms with Crippen molar-refractivity contribution in [1.29, 1.82) is 0 Å². The van der Waals surface area contributed by atoms with E-state index >= 15 is 0 Å². The maximum atomic E-state index is 2.70. The number of rotatable bonds is 4. The van der Waals surface area contributed by atoms with Gasteiger partial charge in [-0.2, -0.15) is 0 Å². The van der Waals surface area contributed by atoms with Crippen LogP contribution in [0.2, 0.25) is 0 Å². The Balaban J connectivity index is 1.70. The van der Waals surface area contributed by atoms with Crippen molar-refractivity contribution in [3.63, 3.8) is 0 Å². The van der Waals surface area contributed by atoms with Crippen molar-refractivity contribution in [2.24, 2.45) is 11.8 Å². The summed E-state index contributed by atoms with van der Waals surface area (Å²) in [5.41, 5.74) is 0. The van der Waals surface area contributed by atoms with Gasteiger partial charge in [-0.05, 0) is 31.6 Å². The molecule has 3 atom stereocenters. The van der Waals surface area contributed by atoms with Crippen LogP contribution in [0.15, 0.2) is 0 Å². The molecule has 2 unspecified atom stereocenters. The Labute approximate surface area is 76.1 Å². The number of likely N-dealkylation sites (tertiary alicyclic amines) is 1. The van der Waals surface area contributed by atoms with E-state index in [2.05, 4.69) is 18.7 Å². The molecule has 1 nitrogen and oxygen atoms in total. The summed E-state index contributed by atoms with van der Waals surface area (Å²) in [6, 6.07) is 0.859. The largest absolute Gasteiger partial charge is 0.300 e. The third-order valence-electron chi connectivity index (χ3n) is 3.61. The fourth-order valence-electron chi connectivity index (χ4n) is 2.48. The van der Waals surface area contributed by atoms with E-state index in [9.17, 15) is 0 Å². The van der Waals surface area contributed by atoms with E-state index in [0.29, 0.717) is 0 Å². The van der Waals surface area contributed by atoms with Gasteiger partial charge in [-0.25, -0.2) is 0 Å². The molecule has 2 rings (SSSR count). The Kier molecular flexibility index (Phi) is 2.40. The van der Waals surface area contributed by atoms with Crippen LogP contribution >= 0.6 is 0 Å². The zero-order valence-electron chi connectivity index (χ0n) is 8.42. The van der Waals surface area contributed by atoms with Crippen molar-refractivity contribution in [2.45, 2.75) is 45.6 Å². The second kappa shape index (κ2) is 3.37. The number of unbranched alkanes of at least 4 members (excludes halogenated alkanes) is 1. The van der Waals surface area contributed by atoms with Gasteiger partial charge in [0.25, 0.3) is 0 Å². The molecule has 1 aliphatic carbocycles. The Bertz CT molecular complexity index is 145. The van der Waals surface area contributed by atoms with Crippen LogP contribution in [0, 0.1) is 11.8 Å². The number of hydrogen-bond acceptors (Lipinski definition) is 1. The minimum Gasteiger partial charge on any atom is -0.300 e. The van der Waals surface area contributed by atoms with Gasteiger partial charge in [-0.15, -0.1) is 0 Å². The summed E-state index contributed by atoms with van der Waals surface area (Å²) in [4.78, 5) is 2.70. The normalized spacial score (nSPS) is 36.5. The number of fused-ring (bicyclic) bond motifs is 1. The van der Waals surface area contributed by atoms with Gasteiger partial charge < -0.3 is 4.90 Å². The fourth-order valence-corrected chi connectivity index (χ4v) is 2.48. The van der Waals surface area contributed by atoms with Gasteiger partial charge >= 0.3 is 0 Å². The maximum absolute atomic E-state index is 2.70. The van der Waals surface area contributed by atoms with Crippen molar-refractivity contribution in [1.82, 2.24) is 4.90 Å². The van der Waals surface area contributed by atoms with Crippen LogP contribution in [0.1, 0.15) is 39.5 Å². The predicted molar refractivity (Wildman–Crippen MR) is 52.2 cm³/mol. The van der Waals surface area contributed by atoms with Crippen molar-refractivity contribution < 1.29 is 0 Å². The van der Waals surface area contributed by atoms with E-state index in [-0.39, 0.29) is 0 Å². The van der Waals surface area contributed by atoms with E-state index < -0.39 is 0 Å². The molecule has 1 heterocycles. The highest BCUT2D eigenvalue weighted by molar-refractivity contribution is 4.98. The van der Waals surface area contributed by atoms with E-state index in [1.807, 2.05) is 0 Å². The lowest BCUT2D eigenvalue weighted by molar-refractivity contribution is 0.220. The topological polar surface area (TPSA) is 3.24 Å². The number of piperidine rings is 1. The highest BCUT2D eigenvalue weighted by atomic mass is 15.2. The summed E-state index contributed by atoms with van der Waals surface area (Å²) in [7, 11) is 0. The molecule has 0 radical (unpaired) electrons. The van der Waals surface area contributed by atoms with Crippen molar-refractivity contribution >= 4 is 0 Å². The average Bonchev–Trinajstić information content (AvgIpc) is 2.69. The molecular weight excluding hydrogens is 146 g/mol. The molecule has 1 aliphatic heterocycles. The molecule has 2 fully saturated rings. The van der Waals surface area contributed by atoms with Crippen LogP contribution in [0.3, 0.4) is 0 Å². The molecule has 2 aliphatic rings. The molecule has 0 aromatic carbocycles. The Morgan fingerprint density at radius 3 is 2.58 bits per heavy atom. The summed E-state index contributed by atoms with van der Waals surface area (Å²) in [5.74, 6) is 2.21. The quantitative estimate of drug-likeness (QED) is 0.622. The molecule has 1 saturated carbocycles. The summed E-state index contributed by atoms with van der Waals surface area (Å²) in [5, 5.41) is 0. The smallest absolute Gasteiger partial charge is 0.00671 e. The molecule has 1 heteroatoms. The molecule has 70 valence electrons. The van der Waals surface area contributed by atoms with Gasteiger partial charge in [0.2, 0.25) is 0 Å². The monoisotopic (exact) mass is 167 g/mol. The minimum atomic E-state index is 0.859. The molecule has 0 amide bonds. The minimum absolute atomic E-state index is 0.859. The second-order valence-electron chi connectivity index (χ2n) is 4.70. The Hall–Kier alpha value is -0.0400. The third kappa shape index (κ3) is 1.66. The van der Waals surface area contributed by atoms with Crippen LogP contribution < -0.4 is 0 Å². The van der Waals surface area contributed by atoms with Crippen LogP contribution in [-0.4, -0.2) is 24.0 Å². The third-order valence-corrected chi connectivity index (χ3v) is 3.61. The van der Waals surface area contributed by atoms with Gasteiger partial charge in [-0.1, -0.05) is 19.8 Å². The van der Waals surface area contributed by atoms with Crippen LogP contribution in [0.4, 0.5) is 0 Å². The lowest BCUT2D eigenvalue weighted by Crippen LogP contribution is -2.32. The molecule has 0 aromatic heterocycles. The van der Waals surface area contributed by atoms with Crippen LogP contribution in [-0.2, 0) is 0 Å². The molecule has 0 N–H and O–H groups in total. The van der Waals surface area contributed by atoms with Crippen molar-refractivity contribution in [2.75, 3.05) is 13.1 Å². The first kappa shape index (κ1) is 8.55. The zero-order chi connectivity index (χ0) is 8.55. The molecular formula is C11H21N. The highest BCUT2D eigenvalue weighted by Gasteiger charge is 2.45. The zero-order valence-corrected chi connectivity index (χ0v) is 8.42. The maximum Gasteiger partial charge on any atom is 0.00671 e. The first-order chi connectivity index (χ1) is 5.81. The Morgan fingerprint density at radius 1 is 1.33 bits per heavy atom. The SMILES string of the molecule is CCCC[C@@H](C)N1CC2CC2C1. The summed E-state index contributed by atoms with van der Waals surface area (Å²) in [6.45, 7) is 7.51. The molecule has 0 bridgehead atoms. The van der Waals surface area contributed by atoms with Gasteiger partial charge in [0.1, 0.15) is 0 Å².